The van der Waals surface area contributed by atoms with Crippen molar-refractivity contribution in [2.75, 3.05) is 31.6 Å². The summed E-state index contributed by atoms with van der Waals surface area (Å²) in [5, 5.41) is 2.31. The molecule has 9 heteroatoms. The average Bonchev–Trinajstić information content (AvgIpc) is 2.92. The van der Waals surface area contributed by atoms with E-state index in [1.807, 2.05) is 4.90 Å². The van der Waals surface area contributed by atoms with Gasteiger partial charge >= 0.3 is 0 Å². The normalized spacial score (nSPS) is 20.9. The second kappa shape index (κ2) is 7.27. The summed E-state index contributed by atoms with van der Waals surface area (Å²) < 4.78 is 31.6. The number of thioether (sulfide) groups is 1. The molecule has 2 heterocycles. The minimum absolute atomic E-state index is 0.119. The number of amides is 2. The number of carbonyl (C=O) groups is 2. The third-order valence-corrected chi connectivity index (χ3v) is 4.80. The van der Waals surface area contributed by atoms with E-state index in [4.69, 9.17) is 4.74 Å². The Morgan fingerprint density at radius 3 is 2.83 bits per heavy atom. The first-order chi connectivity index (χ1) is 11.5. The number of benzene rings is 1. The third kappa shape index (κ3) is 3.90. The summed E-state index contributed by atoms with van der Waals surface area (Å²) in [6.07, 6.45) is -0.127. The van der Waals surface area contributed by atoms with Crippen molar-refractivity contribution in [3.63, 3.8) is 0 Å². The molecule has 1 saturated heterocycles. The van der Waals surface area contributed by atoms with Gasteiger partial charge in [-0.1, -0.05) is 11.8 Å². The summed E-state index contributed by atoms with van der Waals surface area (Å²) in [6.45, 7) is 2.45. The van der Waals surface area contributed by atoms with Crippen molar-refractivity contribution >= 4 is 34.4 Å². The number of halogens is 2. The van der Waals surface area contributed by atoms with Gasteiger partial charge in [-0.3, -0.25) is 9.59 Å². The summed E-state index contributed by atoms with van der Waals surface area (Å²) in [6, 6.07) is 2.88. The highest BCUT2D eigenvalue weighted by Gasteiger charge is 2.33. The number of morpholine rings is 1. The van der Waals surface area contributed by atoms with E-state index in [1.54, 1.807) is 0 Å². The van der Waals surface area contributed by atoms with Crippen LogP contribution in [0.3, 0.4) is 0 Å². The van der Waals surface area contributed by atoms with Gasteiger partial charge < -0.3 is 15.0 Å². The van der Waals surface area contributed by atoms with Crippen LogP contribution < -0.4 is 5.32 Å². The Morgan fingerprint density at radius 1 is 1.38 bits per heavy atom. The van der Waals surface area contributed by atoms with Crippen LogP contribution in [-0.4, -0.2) is 53.4 Å². The van der Waals surface area contributed by atoms with Crippen LogP contribution in [0.5, 0.6) is 0 Å². The molecule has 1 aromatic carbocycles. The molecule has 0 saturated carbocycles. The number of amidine groups is 1. The Kier molecular flexibility index (Phi) is 5.10. The van der Waals surface area contributed by atoms with Gasteiger partial charge in [0.25, 0.3) is 5.91 Å². The molecular weight excluding hydrogens is 340 g/mol. The SMILES string of the molecule is O=C(CC1SC(N2CCOCC2)=NC1=O)Nc1ccc(F)cc1F. The molecule has 0 aromatic heterocycles. The van der Waals surface area contributed by atoms with Crippen LogP contribution in [0.2, 0.25) is 0 Å². The van der Waals surface area contributed by atoms with Gasteiger partial charge in [0.05, 0.1) is 18.9 Å². The number of hydrogen-bond acceptors (Lipinski definition) is 5. The quantitative estimate of drug-likeness (QED) is 0.892. The van der Waals surface area contributed by atoms with Crippen molar-refractivity contribution < 1.29 is 23.1 Å². The van der Waals surface area contributed by atoms with Crippen LogP contribution in [0, 0.1) is 11.6 Å². The van der Waals surface area contributed by atoms with Gasteiger partial charge in [0.1, 0.15) is 16.9 Å². The lowest BCUT2D eigenvalue weighted by atomic mass is 10.2. The number of nitrogens with one attached hydrogen (secondary N) is 1. The number of hydrogen-bond donors (Lipinski definition) is 1. The maximum atomic E-state index is 13.5. The van der Waals surface area contributed by atoms with Crippen LogP contribution in [0.1, 0.15) is 6.42 Å². The maximum Gasteiger partial charge on any atom is 0.262 e. The highest BCUT2D eigenvalue weighted by molar-refractivity contribution is 8.15. The molecule has 0 bridgehead atoms. The highest BCUT2D eigenvalue weighted by atomic mass is 32.2. The summed E-state index contributed by atoms with van der Waals surface area (Å²) in [7, 11) is 0. The molecule has 0 radical (unpaired) electrons. The molecule has 0 aliphatic carbocycles. The fourth-order valence-corrected chi connectivity index (χ4v) is 3.48. The van der Waals surface area contributed by atoms with Gasteiger partial charge in [0.2, 0.25) is 5.91 Å². The Hall–Kier alpha value is -2.00. The largest absolute Gasteiger partial charge is 0.378 e. The van der Waals surface area contributed by atoms with E-state index in [0.717, 1.165) is 12.1 Å². The van der Waals surface area contributed by atoms with E-state index in [9.17, 15) is 18.4 Å². The molecule has 1 fully saturated rings. The lowest BCUT2D eigenvalue weighted by Gasteiger charge is -2.27. The van der Waals surface area contributed by atoms with Crippen molar-refractivity contribution in [3.05, 3.63) is 29.8 Å². The predicted octanol–water partition coefficient (Wildman–Crippen LogP) is 1.62. The molecule has 24 heavy (non-hydrogen) atoms. The molecule has 2 aliphatic heterocycles. The first-order valence-corrected chi connectivity index (χ1v) is 8.27. The second-order valence-electron chi connectivity index (χ2n) is 5.31. The average molecular weight is 355 g/mol. The van der Waals surface area contributed by atoms with E-state index in [1.165, 1.54) is 11.8 Å². The molecule has 6 nitrogen and oxygen atoms in total. The fourth-order valence-electron chi connectivity index (χ4n) is 2.36. The molecule has 1 aromatic rings. The minimum atomic E-state index is -0.862. The molecule has 3 rings (SSSR count). The maximum absolute atomic E-state index is 13.5. The Labute approximate surface area is 141 Å². The van der Waals surface area contributed by atoms with Gasteiger partial charge in [-0.25, -0.2) is 8.78 Å². The molecule has 128 valence electrons. The standard InChI is InChI=1S/C15H15F2N3O3S/c16-9-1-2-11(10(17)7-9)18-13(21)8-12-14(22)19-15(24-12)20-3-5-23-6-4-20/h1-2,7,12H,3-6,8H2,(H,18,21). The van der Waals surface area contributed by atoms with Crippen LogP contribution >= 0.6 is 11.8 Å². The van der Waals surface area contributed by atoms with Crippen molar-refractivity contribution in [1.29, 1.82) is 0 Å². The van der Waals surface area contributed by atoms with Crippen LogP contribution in [0.4, 0.5) is 14.5 Å². The zero-order valence-electron chi connectivity index (χ0n) is 12.6. The first kappa shape index (κ1) is 16.8. The molecule has 0 spiro atoms. The first-order valence-electron chi connectivity index (χ1n) is 7.40. The second-order valence-corrected chi connectivity index (χ2v) is 6.48. The van der Waals surface area contributed by atoms with Crippen LogP contribution in [0.25, 0.3) is 0 Å². The van der Waals surface area contributed by atoms with Gasteiger partial charge in [-0.05, 0) is 12.1 Å². The van der Waals surface area contributed by atoms with Gasteiger partial charge in [-0.15, -0.1) is 0 Å². The monoisotopic (exact) mass is 355 g/mol. The van der Waals surface area contributed by atoms with E-state index >= 15 is 0 Å². The Morgan fingerprint density at radius 2 is 2.12 bits per heavy atom. The molecule has 1 N–H and O–H groups in total. The van der Waals surface area contributed by atoms with E-state index in [0.29, 0.717) is 37.5 Å². The number of rotatable bonds is 3. The summed E-state index contributed by atoms with van der Waals surface area (Å²) >= 11 is 1.23. The summed E-state index contributed by atoms with van der Waals surface area (Å²) in [5.74, 6) is -2.49. The van der Waals surface area contributed by atoms with E-state index in [-0.39, 0.29) is 18.0 Å². The Bertz CT molecular complexity index is 693. The van der Waals surface area contributed by atoms with Gasteiger partial charge in [-0.2, -0.15) is 4.99 Å². The number of ether oxygens (including phenoxy) is 1. The topological polar surface area (TPSA) is 71.0 Å². The fraction of sp³-hybridized carbons (Fsp3) is 0.400. The summed E-state index contributed by atoms with van der Waals surface area (Å²) in [5.41, 5.74) is -0.119. The minimum Gasteiger partial charge on any atom is -0.378 e. The summed E-state index contributed by atoms with van der Waals surface area (Å²) in [4.78, 5) is 29.9. The number of anilines is 1. The van der Waals surface area contributed by atoms with Crippen molar-refractivity contribution in [1.82, 2.24) is 4.90 Å². The molecule has 2 amide bonds. The lowest BCUT2D eigenvalue weighted by Crippen LogP contribution is -2.39. The number of carbonyl (C=O) groups excluding carboxylic acids is 2. The van der Waals surface area contributed by atoms with E-state index < -0.39 is 22.8 Å². The van der Waals surface area contributed by atoms with Gasteiger partial charge in [0.15, 0.2) is 5.17 Å². The predicted molar refractivity (Wildman–Crippen MR) is 85.8 cm³/mol. The highest BCUT2D eigenvalue weighted by Crippen LogP contribution is 2.28. The molecule has 1 unspecified atom stereocenters. The van der Waals surface area contributed by atoms with Crippen molar-refractivity contribution in [2.45, 2.75) is 11.7 Å². The molecule has 1 atom stereocenters. The van der Waals surface area contributed by atoms with Gasteiger partial charge in [0, 0.05) is 25.6 Å². The lowest BCUT2D eigenvalue weighted by molar-refractivity contribution is -0.121. The zero-order valence-corrected chi connectivity index (χ0v) is 13.4. The zero-order chi connectivity index (χ0) is 17.1. The molecule has 2 aliphatic rings. The Balaban J connectivity index is 1.56. The van der Waals surface area contributed by atoms with E-state index in [2.05, 4.69) is 10.3 Å². The number of aliphatic imine (C=N–C) groups is 1. The van der Waals surface area contributed by atoms with Crippen LogP contribution in [-0.2, 0) is 14.3 Å². The van der Waals surface area contributed by atoms with Crippen molar-refractivity contribution in [3.8, 4) is 0 Å². The van der Waals surface area contributed by atoms with Crippen molar-refractivity contribution in [2.24, 2.45) is 4.99 Å². The smallest absolute Gasteiger partial charge is 0.262 e. The number of nitrogens with zero attached hydrogens (tertiary/aromatic N) is 2. The van der Waals surface area contributed by atoms with Crippen LogP contribution in [0.15, 0.2) is 23.2 Å². The molecular formula is C15H15F2N3O3S. The third-order valence-electron chi connectivity index (χ3n) is 3.59.